The van der Waals surface area contributed by atoms with E-state index in [-0.39, 0.29) is 12.6 Å². The van der Waals surface area contributed by atoms with Crippen molar-refractivity contribution in [1.82, 2.24) is 9.55 Å². The molecule has 2 aromatic heterocycles. The van der Waals surface area contributed by atoms with E-state index in [0.717, 1.165) is 17.7 Å². The van der Waals surface area contributed by atoms with E-state index in [2.05, 4.69) is 4.98 Å². The predicted octanol–water partition coefficient (Wildman–Crippen LogP) is 3.42. The van der Waals surface area contributed by atoms with Gasteiger partial charge in [0.1, 0.15) is 10.7 Å². The lowest BCUT2D eigenvalue weighted by atomic mass is 9.86. The fourth-order valence-corrected chi connectivity index (χ4v) is 5.53. The Hall–Kier alpha value is -3.00. The van der Waals surface area contributed by atoms with Crippen LogP contribution in [0.3, 0.4) is 0 Å². The Morgan fingerprint density at radius 1 is 1.33 bits per heavy atom. The first kappa shape index (κ1) is 20.3. The SMILES string of the molecule is CCOC(=O)C1CCCc2sc3nc(C)n(C(C(=O)O)c4ccccc4)c(=O)c3c21. The molecular formula is C22H22N2O5S. The fraction of sp³-hybridized carbons (Fsp3) is 0.364. The molecule has 0 spiro atoms. The smallest absolute Gasteiger partial charge is 0.331 e. The molecule has 2 atom stereocenters. The molecule has 0 saturated heterocycles. The molecule has 0 radical (unpaired) electrons. The summed E-state index contributed by atoms with van der Waals surface area (Å²) in [5.41, 5.74) is 0.730. The van der Waals surface area contributed by atoms with Crippen LogP contribution in [-0.4, -0.2) is 33.2 Å². The van der Waals surface area contributed by atoms with Crippen LogP contribution in [-0.2, 0) is 20.7 Å². The van der Waals surface area contributed by atoms with Crippen LogP contribution in [0.15, 0.2) is 35.1 Å². The molecule has 1 aromatic carbocycles. The number of aromatic nitrogens is 2. The highest BCUT2D eigenvalue weighted by Crippen LogP contribution is 2.41. The van der Waals surface area contributed by atoms with Gasteiger partial charge in [-0.3, -0.25) is 14.2 Å². The first-order chi connectivity index (χ1) is 14.4. The van der Waals surface area contributed by atoms with Gasteiger partial charge >= 0.3 is 11.9 Å². The summed E-state index contributed by atoms with van der Waals surface area (Å²) in [5, 5.41) is 10.3. The Bertz CT molecular complexity index is 1180. The average molecular weight is 426 g/mol. The van der Waals surface area contributed by atoms with Gasteiger partial charge in [-0.25, -0.2) is 9.78 Å². The average Bonchev–Trinajstić information content (AvgIpc) is 3.09. The monoisotopic (exact) mass is 426 g/mol. The molecule has 30 heavy (non-hydrogen) atoms. The van der Waals surface area contributed by atoms with Gasteiger partial charge in [0.15, 0.2) is 6.04 Å². The fourth-order valence-electron chi connectivity index (χ4n) is 4.22. The second kappa shape index (κ2) is 8.02. The van der Waals surface area contributed by atoms with Crippen molar-refractivity contribution in [3.63, 3.8) is 0 Å². The lowest BCUT2D eigenvalue weighted by Crippen LogP contribution is -2.33. The molecule has 2 heterocycles. The van der Waals surface area contributed by atoms with Gasteiger partial charge in [-0.15, -0.1) is 11.3 Å². The third-order valence-corrected chi connectivity index (χ3v) is 6.63. The van der Waals surface area contributed by atoms with Crippen LogP contribution < -0.4 is 5.56 Å². The maximum atomic E-state index is 13.6. The molecule has 1 aliphatic rings. The Kier molecular flexibility index (Phi) is 5.42. The molecule has 0 fully saturated rings. The van der Waals surface area contributed by atoms with Crippen molar-refractivity contribution in [3.8, 4) is 0 Å². The molecule has 4 rings (SSSR count). The quantitative estimate of drug-likeness (QED) is 0.628. The van der Waals surface area contributed by atoms with Gasteiger partial charge in [-0.1, -0.05) is 30.3 Å². The van der Waals surface area contributed by atoms with E-state index in [4.69, 9.17) is 4.74 Å². The van der Waals surface area contributed by atoms with Crippen molar-refractivity contribution in [2.24, 2.45) is 0 Å². The number of ether oxygens (including phenoxy) is 1. The van der Waals surface area contributed by atoms with Crippen molar-refractivity contribution in [2.45, 2.75) is 45.1 Å². The van der Waals surface area contributed by atoms with Crippen LogP contribution in [0, 0.1) is 6.92 Å². The number of benzene rings is 1. The Labute approximate surface area is 176 Å². The van der Waals surface area contributed by atoms with Gasteiger partial charge in [0, 0.05) is 4.88 Å². The summed E-state index contributed by atoms with van der Waals surface area (Å²) >= 11 is 1.41. The summed E-state index contributed by atoms with van der Waals surface area (Å²) in [7, 11) is 0. The molecule has 0 aliphatic heterocycles. The summed E-state index contributed by atoms with van der Waals surface area (Å²) < 4.78 is 6.47. The number of carboxylic acid groups (broad SMARTS) is 1. The minimum absolute atomic E-state index is 0.267. The number of aliphatic carboxylic acids is 1. The second-order valence-electron chi connectivity index (χ2n) is 7.30. The summed E-state index contributed by atoms with van der Waals surface area (Å²) in [6.07, 6.45) is 2.20. The lowest BCUT2D eigenvalue weighted by Gasteiger charge is -2.22. The number of carbonyl (C=O) groups excluding carboxylic acids is 1. The Morgan fingerprint density at radius 3 is 2.73 bits per heavy atom. The molecule has 0 amide bonds. The van der Waals surface area contributed by atoms with Gasteiger partial charge in [0.25, 0.3) is 5.56 Å². The van der Waals surface area contributed by atoms with E-state index in [0.29, 0.717) is 33.6 Å². The topological polar surface area (TPSA) is 98.5 Å². The summed E-state index contributed by atoms with van der Waals surface area (Å²) in [5.74, 6) is -1.68. The molecule has 156 valence electrons. The van der Waals surface area contributed by atoms with Crippen molar-refractivity contribution in [1.29, 1.82) is 0 Å². The van der Waals surface area contributed by atoms with Crippen molar-refractivity contribution in [3.05, 3.63) is 62.5 Å². The first-order valence-corrected chi connectivity index (χ1v) is 10.7. The standard InChI is InChI=1S/C22H22N2O5S/c1-3-29-22(28)14-10-7-11-15-16(14)17-19(30-15)23-12(2)24(20(17)25)18(21(26)27)13-8-5-4-6-9-13/h4-6,8-9,14,18H,3,7,10-11H2,1-2H3,(H,26,27). The Morgan fingerprint density at radius 2 is 2.07 bits per heavy atom. The zero-order chi connectivity index (χ0) is 21.4. The number of rotatable bonds is 5. The van der Waals surface area contributed by atoms with Gasteiger partial charge in [0.05, 0.1) is 17.9 Å². The van der Waals surface area contributed by atoms with E-state index in [1.807, 2.05) is 0 Å². The summed E-state index contributed by atoms with van der Waals surface area (Å²) in [4.78, 5) is 44.5. The minimum atomic E-state index is -1.20. The summed E-state index contributed by atoms with van der Waals surface area (Å²) in [6.45, 7) is 3.66. The highest BCUT2D eigenvalue weighted by molar-refractivity contribution is 7.18. The van der Waals surface area contributed by atoms with Gasteiger partial charge in [-0.05, 0) is 44.2 Å². The lowest BCUT2D eigenvalue weighted by molar-refractivity contribution is -0.145. The molecule has 1 N–H and O–H groups in total. The zero-order valence-corrected chi connectivity index (χ0v) is 17.6. The number of carboxylic acids is 1. The third-order valence-electron chi connectivity index (χ3n) is 5.47. The third kappa shape index (κ3) is 3.31. The maximum Gasteiger partial charge on any atom is 0.331 e. The largest absolute Gasteiger partial charge is 0.479 e. The summed E-state index contributed by atoms with van der Waals surface area (Å²) in [6, 6.07) is 7.43. The van der Waals surface area contributed by atoms with Crippen LogP contribution >= 0.6 is 11.3 Å². The van der Waals surface area contributed by atoms with Gasteiger partial charge in [0.2, 0.25) is 0 Å². The highest BCUT2D eigenvalue weighted by Gasteiger charge is 2.35. The molecule has 3 aromatic rings. The molecule has 0 saturated carbocycles. The minimum Gasteiger partial charge on any atom is -0.479 e. The van der Waals surface area contributed by atoms with Crippen molar-refractivity contribution in [2.75, 3.05) is 6.61 Å². The maximum absolute atomic E-state index is 13.6. The van der Waals surface area contributed by atoms with Crippen LogP contribution in [0.4, 0.5) is 0 Å². The number of hydrogen-bond donors (Lipinski definition) is 1. The van der Waals surface area contributed by atoms with Gasteiger partial charge in [-0.2, -0.15) is 0 Å². The Balaban J connectivity index is 1.98. The molecular weight excluding hydrogens is 404 g/mol. The van der Waals surface area contributed by atoms with E-state index >= 15 is 0 Å². The number of nitrogens with zero attached hydrogens (tertiary/aromatic N) is 2. The van der Waals surface area contributed by atoms with E-state index in [9.17, 15) is 19.5 Å². The number of thiophene rings is 1. The second-order valence-corrected chi connectivity index (χ2v) is 8.39. The molecule has 0 bridgehead atoms. The van der Waals surface area contributed by atoms with Crippen LogP contribution in [0.2, 0.25) is 0 Å². The van der Waals surface area contributed by atoms with E-state index in [1.165, 1.54) is 15.9 Å². The molecule has 2 unspecified atom stereocenters. The molecule has 8 heteroatoms. The number of esters is 1. The van der Waals surface area contributed by atoms with Gasteiger partial charge < -0.3 is 9.84 Å². The highest BCUT2D eigenvalue weighted by atomic mass is 32.1. The molecule has 1 aliphatic carbocycles. The van der Waals surface area contributed by atoms with Crippen LogP contribution in [0.5, 0.6) is 0 Å². The van der Waals surface area contributed by atoms with Crippen molar-refractivity contribution >= 4 is 33.5 Å². The number of carbonyl (C=O) groups is 2. The molecule has 7 nitrogen and oxygen atoms in total. The van der Waals surface area contributed by atoms with E-state index < -0.39 is 23.5 Å². The van der Waals surface area contributed by atoms with Crippen molar-refractivity contribution < 1.29 is 19.4 Å². The number of hydrogen-bond acceptors (Lipinski definition) is 6. The predicted molar refractivity (Wildman–Crippen MR) is 113 cm³/mol. The number of aryl methyl sites for hydroxylation is 2. The first-order valence-electron chi connectivity index (χ1n) is 9.92. The number of fused-ring (bicyclic) bond motifs is 3. The van der Waals surface area contributed by atoms with Crippen LogP contribution in [0.25, 0.3) is 10.2 Å². The van der Waals surface area contributed by atoms with E-state index in [1.54, 1.807) is 44.2 Å². The zero-order valence-electron chi connectivity index (χ0n) is 16.8. The van der Waals surface area contributed by atoms with Crippen LogP contribution in [0.1, 0.15) is 53.6 Å². The normalized spacial score (nSPS) is 16.8.